The Morgan fingerprint density at radius 3 is 2.71 bits per heavy atom. The van der Waals surface area contributed by atoms with Crippen LogP contribution in [0.15, 0.2) is 41.7 Å². The minimum absolute atomic E-state index is 0.117. The zero-order valence-corrected chi connectivity index (χ0v) is 15.0. The average Bonchev–Trinajstić information content (AvgIpc) is 3.03. The summed E-state index contributed by atoms with van der Waals surface area (Å²) in [5.74, 6) is -0.662. The molecule has 3 aromatic rings. The normalized spacial score (nSPS) is 11.6. The standard InChI is InChI=1S/C16H12F3N5O3S/c1-9-2-4-11(6-12(9)24(26)27)20-14(25)8-28-15-22-21-13-5-3-10(7-23(13)15)16(17,18)19/h2-7H,8H2,1H3,(H,20,25). The van der Waals surface area contributed by atoms with Crippen molar-refractivity contribution in [2.45, 2.75) is 18.3 Å². The lowest BCUT2D eigenvalue weighted by Crippen LogP contribution is -2.14. The van der Waals surface area contributed by atoms with Crippen LogP contribution < -0.4 is 5.32 Å². The Bertz CT molecular complexity index is 1070. The second-order valence-electron chi connectivity index (χ2n) is 5.72. The monoisotopic (exact) mass is 411 g/mol. The molecule has 0 atom stereocenters. The predicted octanol–water partition coefficient (Wildman–Crippen LogP) is 3.70. The first kappa shape index (κ1) is 19.6. The van der Waals surface area contributed by atoms with Crippen molar-refractivity contribution >= 4 is 34.7 Å². The molecule has 2 aromatic heterocycles. The van der Waals surface area contributed by atoms with E-state index in [0.29, 0.717) is 5.56 Å². The lowest BCUT2D eigenvalue weighted by Gasteiger charge is -2.08. The van der Waals surface area contributed by atoms with Gasteiger partial charge in [-0.25, -0.2) is 0 Å². The molecule has 0 radical (unpaired) electrons. The van der Waals surface area contributed by atoms with E-state index in [1.54, 1.807) is 6.92 Å². The fourth-order valence-corrected chi connectivity index (χ4v) is 3.06. The van der Waals surface area contributed by atoms with Gasteiger partial charge in [-0.15, -0.1) is 10.2 Å². The third kappa shape index (κ3) is 4.22. The van der Waals surface area contributed by atoms with Crippen molar-refractivity contribution in [1.29, 1.82) is 0 Å². The summed E-state index contributed by atoms with van der Waals surface area (Å²) in [7, 11) is 0. The van der Waals surface area contributed by atoms with Gasteiger partial charge in [0, 0.05) is 23.5 Å². The number of carbonyl (C=O) groups is 1. The number of fused-ring (bicyclic) bond motifs is 1. The van der Waals surface area contributed by atoms with Crippen LogP contribution in [-0.4, -0.2) is 31.2 Å². The van der Waals surface area contributed by atoms with Crippen LogP contribution in [0, 0.1) is 17.0 Å². The largest absolute Gasteiger partial charge is 0.417 e. The first-order valence-electron chi connectivity index (χ1n) is 7.75. The Labute approximate surface area is 159 Å². The quantitative estimate of drug-likeness (QED) is 0.390. The van der Waals surface area contributed by atoms with E-state index in [2.05, 4.69) is 15.5 Å². The van der Waals surface area contributed by atoms with Gasteiger partial charge in [0.05, 0.1) is 16.2 Å². The van der Waals surface area contributed by atoms with Crippen molar-refractivity contribution in [2.24, 2.45) is 0 Å². The highest BCUT2D eigenvalue weighted by molar-refractivity contribution is 7.99. The topological polar surface area (TPSA) is 102 Å². The number of benzene rings is 1. The lowest BCUT2D eigenvalue weighted by molar-refractivity contribution is -0.385. The first-order chi connectivity index (χ1) is 13.1. The van der Waals surface area contributed by atoms with Gasteiger partial charge in [0.2, 0.25) is 5.91 Å². The van der Waals surface area contributed by atoms with E-state index >= 15 is 0 Å². The molecular formula is C16H12F3N5O3S. The molecule has 0 bridgehead atoms. The summed E-state index contributed by atoms with van der Waals surface area (Å²) in [4.78, 5) is 22.5. The van der Waals surface area contributed by atoms with Gasteiger partial charge < -0.3 is 5.32 Å². The highest BCUT2D eigenvalue weighted by atomic mass is 32.2. The molecule has 8 nitrogen and oxygen atoms in total. The van der Waals surface area contributed by atoms with Crippen LogP contribution in [0.25, 0.3) is 5.65 Å². The zero-order valence-electron chi connectivity index (χ0n) is 14.2. The van der Waals surface area contributed by atoms with E-state index in [0.717, 1.165) is 28.4 Å². The van der Waals surface area contributed by atoms with Crippen LogP contribution >= 0.6 is 11.8 Å². The molecule has 0 aliphatic heterocycles. The molecule has 12 heteroatoms. The van der Waals surface area contributed by atoms with Gasteiger partial charge in [-0.05, 0) is 25.1 Å². The van der Waals surface area contributed by atoms with Crippen molar-refractivity contribution in [1.82, 2.24) is 14.6 Å². The second-order valence-corrected chi connectivity index (χ2v) is 6.66. The molecule has 0 spiro atoms. The van der Waals surface area contributed by atoms with E-state index in [1.165, 1.54) is 24.3 Å². The van der Waals surface area contributed by atoms with E-state index in [1.807, 2.05) is 0 Å². The summed E-state index contributed by atoms with van der Waals surface area (Å²) in [5, 5.41) is 21.1. The Morgan fingerprint density at radius 2 is 2.04 bits per heavy atom. The number of carbonyl (C=O) groups excluding carboxylic acids is 1. The average molecular weight is 411 g/mol. The number of anilines is 1. The maximum Gasteiger partial charge on any atom is 0.417 e. The summed E-state index contributed by atoms with van der Waals surface area (Å²) in [6.07, 6.45) is -3.66. The molecular weight excluding hydrogens is 399 g/mol. The molecule has 146 valence electrons. The highest BCUT2D eigenvalue weighted by Crippen LogP contribution is 2.30. The molecule has 3 rings (SSSR count). The molecule has 0 saturated heterocycles. The van der Waals surface area contributed by atoms with Gasteiger partial charge in [0.15, 0.2) is 10.8 Å². The SMILES string of the molecule is Cc1ccc(NC(=O)CSc2nnc3ccc(C(F)(F)F)cn23)cc1[N+](=O)[O-]. The number of aryl methyl sites for hydroxylation is 1. The minimum atomic E-state index is -4.52. The van der Waals surface area contributed by atoms with E-state index in [9.17, 15) is 28.1 Å². The second kappa shape index (κ2) is 7.46. The van der Waals surface area contributed by atoms with Crippen molar-refractivity contribution in [3.63, 3.8) is 0 Å². The number of hydrogen-bond donors (Lipinski definition) is 1. The first-order valence-corrected chi connectivity index (χ1v) is 8.73. The van der Waals surface area contributed by atoms with Crippen LogP contribution in [-0.2, 0) is 11.0 Å². The van der Waals surface area contributed by atoms with Gasteiger partial charge in [-0.3, -0.25) is 19.3 Å². The molecule has 28 heavy (non-hydrogen) atoms. The van der Waals surface area contributed by atoms with Gasteiger partial charge in [-0.2, -0.15) is 13.2 Å². The van der Waals surface area contributed by atoms with Crippen LogP contribution in [0.1, 0.15) is 11.1 Å². The Kier molecular flexibility index (Phi) is 5.23. The number of alkyl halides is 3. The fraction of sp³-hybridized carbons (Fsp3) is 0.188. The zero-order chi connectivity index (χ0) is 20.5. The number of nitro benzene ring substituents is 1. The summed E-state index contributed by atoms with van der Waals surface area (Å²) >= 11 is 0.893. The summed E-state index contributed by atoms with van der Waals surface area (Å²) in [6, 6.07) is 6.35. The molecule has 1 amide bonds. The number of nitro groups is 1. The van der Waals surface area contributed by atoms with E-state index in [4.69, 9.17) is 0 Å². The third-order valence-electron chi connectivity index (χ3n) is 3.72. The summed E-state index contributed by atoms with van der Waals surface area (Å²) in [6.45, 7) is 1.57. The number of nitrogens with zero attached hydrogens (tertiary/aromatic N) is 4. The fourth-order valence-electron chi connectivity index (χ4n) is 2.35. The number of aromatic nitrogens is 3. The number of rotatable bonds is 5. The van der Waals surface area contributed by atoms with Gasteiger partial charge in [-0.1, -0.05) is 17.8 Å². The Balaban J connectivity index is 1.71. The van der Waals surface area contributed by atoms with Gasteiger partial charge in [0.1, 0.15) is 0 Å². The van der Waals surface area contributed by atoms with E-state index < -0.39 is 22.6 Å². The smallest absolute Gasteiger partial charge is 0.325 e. The number of thioether (sulfide) groups is 1. The van der Waals surface area contributed by atoms with Crippen molar-refractivity contribution in [3.05, 3.63) is 57.8 Å². The van der Waals surface area contributed by atoms with Gasteiger partial charge >= 0.3 is 6.18 Å². The van der Waals surface area contributed by atoms with Crippen LogP contribution in [0.4, 0.5) is 24.5 Å². The molecule has 0 saturated carbocycles. The van der Waals surface area contributed by atoms with Crippen molar-refractivity contribution in [2.75, 3.05) is 11.1 Å². The Morgan fingerprint density at radius 1 is 1.29 bits per heavy atom. The number of pyridine rings is 1. The third-order valence-corrected chi connectivity index (χ3v) is 4.66. The van der Waals surface area contributed by atoms with Crippen molar-refractivity contribution < 1.29 is 22.9 Å². The van der Waals surface area contributed by atoms with Crippen LogP contribution in [0.3, 0.4) is 0 Å². The number of halogens is 3. The molecule has 0 aliphatic rings. The Hall–Kier alpha value is -3.15. The highest BCUT2D eigenvalue weighted by Gasteiger charge is 2.31. The number of hydrogen-bond acceptors (Lipinski definition) is 6. The van der Waals surface area contributed by atoms with Crippen molar-refractivity contribution in [3.8, 4) is 0 Å². The summed E-state index contributed by atoms with van der Waals surface area (Å²) in [5.41, 5.74) is -0.0853. The maximum absolute atomic E-state index is 12.9. The molecule has 1 N–H and O–H groups in total. The van der Waals surface area contributed by atoms with Crippen LogP contribution in [0.5, 0.6) is 0 Å². The molecule has 0 aliphatic carbocycles. The molecule has 1 aromatic carbocycles. The molecule has 0 unspecified atom stereocenters. The number of amides is 1. The van der Waals surface area contributed by atoms with Crippen LogP contribution in [0.2, 0.25) is 0 Å². The van der Waals surface area contributed by atoms with E-state index in [-0.39, 0.29) is 27.9 Å². The van der Waals surface area contributed by atoms with Gasteiger partial charge in [0.25, 0.3) is 5.69 Å². The molecule has 0 fully saturated rings. The predicted molar refractivity (Wildman–Crippen MR) is 95.2 cm³/mol. The summed E-state index contributed by atoms with van der Waals surface area (Å²) < 4.78 is 39.7. The lowest BCUT2D eigenvalue weighted by atomic mass is 10.2. The maximum atomic E-state index is 12.9. The number of nitrogens with one attached hydrogen (secondary N) is 1. The molecule has 2 heterocycles. The minimum Gasteiger partial charge on any atom is -0.325 e.